The van der Waals surface area contributed by atoms with Crippen LogP contribution in [0.3, 0.4) is 0 Å². The highest BCUT2D eigenvalue weighted by atomic mass is 16.4. The summed E-state index contributed by atoms with van der Waals surface area (Å²) in [5, 5.41) is 1.88. The molecule has 4 heterocycles. The van der Waals surface area contributed by atoms with Crippen LogP contribution in [-0.2, 0) is 12.8 Å². The van der Waals surface area contributed by atoms with Gasteiger partial charge >= 0.3 is 0 Å². The lowest BCUT2D eigenvalue weighted by atomic mass is 10.1. The van der Waals surface area contributed by atoms with Crippen molar-refractivity contribution in [1.29, 1.82) is 0 Å². The summed E-state index contributed by atoms with van der Waals surface area (Å²) in [6.07, 6.45) is 25.6. The van der Waals surface area contributed by atoms with Gasteiger partial charge in [-0.05, 0) is 61.4 Å². The highest BCUT2D eigenvalue weighted by Gasteiger charge is 2.19. The molecule has 0 radical (unpaired) electrons. The van der Waals surface area contributed by atoms with Gasteiger partial charge in [0.15, 0.2) is 22.7 Å². The summed E-state index contributed by atoms with van der Waals surface area (Å²) in [4.78, 5) is 9.53. The van der Waals surface area contributed by atoms with Gasteiger partial charge in [0.2, 0.25) is 0 Å². The second-order valence-electron chi connectivity index (χ2n) is 13.6. The minimum Gasteiger partial charge on any atom is -0.456 e. The first-order chi connectivity index (χ1) is 23.7. The molecule has 256 valence electrons. The van der Waals surface area contributed by atoms with Crippen LogP contribution in [0.5, 0.6) is 0 Å². The maximum absolute atomic E-state index is 6.32. The van der Waals surface area contributed by atoms with Crippen LogP contribution in [0.25, 0.3) is 56.3 Å². The Kier molecular flexibility index (Phi) is 12.5. The summed E-state index contributed by atoms with van der Waals surface area (Å²) in [5.41, 5.74) is 3.03. The third kappa shape index (κ3) is 8.80. The fourth-order valence-electron chi connectivity index (χ4n) is 6.86. The molecular formula is C42H54N2O4. The fraction of sp³-hybridized carbons (Fsp3) is 0.524. The largest absolute Gasteiger partial charge is 0.456 e. The van der Waals surface area contributed by atoms with Crippen molar-refractivity contribution in [3.05, 3.63) is 60.1 Å². The molecular weight excluding hydrogens is 596 g/mol. The standard InChI is InChI=1S/C42H54N2O4/c1-3-5-7-9-11-13-15-17-19-21-31-23-29-37(45-31)41-43-35-27-25-34-33(39(35)47-41)26-28-36-40(34)48-42(44-36)38-30-24-32(46-38)22-20-18-16-14-12-10-8-6-4-2/h23-30H,3-22H2,1-2H3. The van der Waals surface area contributed by atoms with Crippen molar-refractivity contribution in [2.24, 2.45) is 0 Å². The zero-order valence-corrected chi connectivity index (χ0v) is 29.3. The summed E-state index contributed by atoms with van der Waals surface area (Å²) < 4.78 is 25.0. The van der Waals surface area contributed by atoms with Gasteiger partial charge in [-0.15, -0.1) is 0 Å². The Bertz CT molecular complexity index is 1700. The number of nitrogens with zero attached hydrogens (tertiary/aromatic N) is 2. The van der Waals surface area contributed by atoms with E-state index in [-0.39, 0.29) is 0 Å². The molecule has 48 heavy (non-hydrogen) atoms. The lowest BCUT2D eigenvalue weighted by Crippen LogP contribution is -1.84. The van der Waals surface area contributed by atoms with Gasteiger partial charge in [-0.25, -0.2) is 9.97 Å². The van der Waals surface area contributed by atoms with Crippen LogP contribution in [0.2, 0.25) is 0 Å². The number of benzene rings is 2. The Morgan fingerprint density at radius 3 is 1.17 bits per heavy atom. The molecule has 0 bridgehead atoms. The normalized spacial score (nSPS) is 12.0. The predicted molar refractivity (Wildman–Crippen MR) is 196 cm³/mol. The highest BCUT2D eigenvalue weighted by Crippen LogP contribution is 2.36. The molecule has 0 spiro atoms. The molecule has 0 saturated heterocycles. The number of fused-ring (bicyclic) bond motifs is 5. The highest BCUT2D eigenvalue weighted by molar-refractivity contribution is 6.12. The van der Waals surface area contributed by atoms with E-state index in [0.717, 1.165) is 70.2 Å². The summed E-state index contributed by atoms with van der Waals surface area (Å²) >= 11 is 0. The molecule has 0 saturated carbocycles. The number of aryl methyl sites for hydroxylation is 2. The van der Waals surface area contributed by atoms with E-state index in [1.54, 1.807) is 0 Å². The maximum Gasteiger partial charge on any atom is 0.263 e. The summed E-state index contributed by atoms with van der Waals surface area (Å²) in [7, 11) is 0. The van der Waals surface area contributed by atoms with Crippen molar-refractivity contribution in [1.82, 2.24) is 9.97 Å². The SMILES string of the molecule is CCCCCCCCCCCc1ccc(-c2nc3ccc4c(ccc5nc(-c6ccc(CCCCCCCCCCC)o6)oc54)c3o2)o1. The average molecular weight is 651 g/mol. The molecule has 4 aromatic heterocycles. The van der Waals surface area contributed by atoms with Crippen LogP contribution in [0.4, 0.5) is 0 Å². The number of hydrogen-bond acceptors (Lipinski definition) is 6. The van der Waals surface area contributed by atoms with E-state index >= 15 is 0 Å². The monoisotopic (exact) mass is 650 g/mol. The topological polar surface area (TPSA) is 78.3 Å². The first-order valence-electron chi connectivity index (χ1n) is 19.0. The van der Waals surface area contributed by atoms with Crippen LogP contribution >= 0.6 is 0 Å². The Morgan fingerprint density at radius 1 is 0.396 bits per heavy atom. The molecule has 6 aromatic rings. The number of rotatable bonds is 22. The van der Waals surface area contributed by atoms with Crippen LogP contribution in [0, 0.1) is 0 Å². The van der Waals surface area contributed by atoms with Crippen LogP contribution in [0.15, 0.2) is 66.2 Å². The molecule has 6 heteroatoms. The van der Waals surface area contributed by atoms with E-state index in [0.29, 0.717) is 23.3 Å². The Hall–Kier alpha value is -3.80. The van der Waals surface area contributed by atoms with Crippen molar-refractivity contribution in [3.8, 4) is 23.3 Å². The molecule has 6 nitrogen and oxygen atoms in total. The Morgan fingerprint density at radius 2 is 0.771 bits per heavy atom. The second kappa shape index (κ2) is 17.6. The summed E-state index contributed by atoms with van der Waals surface area (Å²) in [6, 6.07) is 16.1. The van der Waals surface area contributed by atoms with E-state index in [9.17, 15) is 0 Å². The quantitative estimate of drug-likeness (QED) is 0.0680. The number of aromatic nitrogens is 2. The van der Waals surface area contributed by atoms with E-state index in [4.69, 9.17) is 27.6 Å². The molecule has 6 rings (SSSR count). The minimum absolute atomic E-state index is 0.504. The minimum atomic E-state index is 0.504. The number of oxazole rings is 2. The van der Waals surface area contributed by atoms with Gasteiger partial charge in [0, 0.05) is 23.6 Å². The van der Waals surface area contributed by atoms with Crippen molar-refractivity contribution in [2.45, 2.75) is 142 Å². The molecule has 0 N–H and O–H groups in total. The van der Waals surface area contributed by atoms with Gasteiger partial charge in [-0.2, -0.15) is 0 Å². The van der Waals surface area contributed by atoms with Gasteiger partial charge < -0.3 is 17.7 Å². The predicted octanol–water partition coefficient (Wildman–Crippen LogP) is 13.8. The molecule has 2 aromatic carbocycles. The lowest BCUT2D eigenvalue weighted by molar-refractivity contribution is 0.481. The molecule has 0 atom stereocenters. The number of furan rings is 2. The van der Waals surface area contributed by atoms with Gasteiger partial charge in [-0.3, -0.25) is 0 Å². The lowest BCUT2D eigenvalue weighted by Gasteiger charge is -2.01. The molecule has 0 fully saturated rings. The van der Waals surface area contributed by atoms with Gasteiger partial charge in [0.05, 0.1) is 0 Å². The fourth-order valence-corrected chi connectivity index (χ4v) is 6.86. The zero-order valence-electron chi connectivity index (χ0n) is 29.3. The van der Waals surface area contributed by atoms with Gasteiger partial charge in [-0.1, -0.05) is 117 Å². The molecule has 0 aliphatic rings. The van der Waals surface area contributed by atoms with E-state index < -0.39 is 0 Å². The van der Waals surface area contributed by atoms with Crippen molar-refractivity contribution in [2.75, 3.05) is 0 Å². The third-order valence-corrected chi connectivity index (χ3v) is 9.70. The zero-order chi connectivity index (χ0) is 33.0. The number of hydrogen-bond donors (Lipinski definition) is 0. The van der Waals surface area contributed by atoms with Crippen molar-refractivity contribution >= 4 is 33.0 Å². The summed E-state index contributed by atoms with van der Waals surface area (Å²) in [5.74, 6) is 4.33. The maximum atomic E-state index is 6.32. The molecule has 0 amide bonds. The average Bonchev–Trinajstić information content (AvgIpc) is 3.92. The number of unbranched alkanes of at least 4 members (excludes halogenated alkanes) is 16. The van der Waals surface area contributed by atoms with Gasteiger partial charge in [0.25, 0.3) is 11.8 Å². The van der Waals surface area contributed by atoms with Crippen molar-refractivity contribution in [3.63, 3.8) is 0 Å². The smallest absolute Gasteiger partial charge is 0.263 e. The van der Waals surface area contributed by atoms with Crippen LogP contribution in [-0.4, -0.2) is 9.97 Å². The van der Waals surface area contributed by atoms with Gasteiger partial charge in [0.1, 0.15) is 22.6 Å². The third-order valence-electron chi connectivity index (χ3n) is 9.70. The van der Waals surface area contributed by atoms with Crippen LogP contribution < -0.4 is 0 Å². The van der Waals surface area contributed by atoms with E-state index in [1.807, 2.05) is 36.4 Å². The first kappa shape index (κ1) is 34.1. The first-order valence-corrected chi connectivity index (χ1v) is 19.0. The van der Waals surface area contributed by atoms with E-state index in [2.05, 4.69) is 26.0 Å². The van der Waals surface area contributed by atoms with E-state index in [1.165, 1.54) is 103 Å². The molecule has 0 aliphatic carbocycles. The molecule has 0 aliphatic heterocycles. The summed E-state index contributed by atoms with van der Waals surface area (Å²) in [6.45, 7) is 4.54. The van der Waals surface area contributed by atoms with Crippen LogP contribution in [0.1, 0.15) is 141 Å². The Labute approximate surface area is 285 Å². The second-order valence-corrected chi connectivity index (χ2v) is 13.6. The van der Waals surface area contributed by atoms with Crippen molar-refractivity contribution < 1.29 is 17.7 Å². The Balaban J connectivity index is 1.05. The molecule has 0 unspecified atom stereocenters.